The van der Waals surface area contributed by atoms with Crippen LogP contribution in [-0.4, -0.2) is 18.5 Å². The average molecular weight is 251 g/mol. The molecule has 0 aliphatic rings. The van der Waals surface area contributed by atoms with Gasteiger partial charge in [-0.2, -0.15) is 0 Å². The summed E-state index contributed by atoms with van der Waals surface area (Å²) in [5, 5.41) is 11.5. The summed E-state index contributed by atoms with van der Waals surface area (Å²) in [6.07, 6.45) is 1.37. The molecule has 19 heavy (non-hydrogen) atoms. The van der Waals surface area contributed by atoms with Crippen LogP contribution < -0.4 is 4.74 Å². The van der Waals surface area contributed by atoms with Crippen molar-refractivity contribution in [2.75, 3.05) is 7.11 Å². The lowest BCUT2D eigenvalue weighted by atomic mass is 10.1. The van der Waals surface area contributed by atoms with Gasteiger partial charge < -0.3 is 9.94 Å². The molecule has 0 saturated heterocycles. The fourth-order valence-electron chi connectivity index (χ4n) is 1.58. The zero-order valence-electron chi connectivity index (χ0n) is 10.5. The monoisotopic (exact) mass is 251 g/mol. The van der Waals surface area contributed by atoms with Crippen molar-refractivity contribution in [2.45, 2.75) is 0 Å². The van der Waals surface area contributed by atoms with Gasteiger partial charge in [0.1, 0.15) is 5.75 Å². The first-order valence-electron chi connectivity index (χ1n) is 5.75. The second-order valence-corrected chi connectivity index (χ2v) is 3.85. The minimum Gasteiger partial charge on any atom is -0.497 e. The Morgan fingerprint density at radius 1 is 1.05 bits per heavy atom. The van der Waals surface area contributed by atoms with Gasteiger partial charge in [0.2, 0.25) is 0 Å². The minimum atomic E-state index is 0.809. The van der Waals surface area contributed by atoms with Crippen LogP contribution in [0.5, 0.6) is 5.75 Å². The summed E-state index contributed by atoms with van der Waals surface area (Å²) in [4.78, 5) is 0. The molecule has 2 aromatic rings. The van der Waals surface area contributed by atoms with Gasteiger partial charge in [-0.1, -0.05) is 29.1 Å². The largest absolute Gasteiger partial charge is 0.497 e. The second kappa shape index (κ2) is 6.27. The van der Waals surface area contributed by atoms with Gasteiger partial charge in [0.05, 0.1) is 13.3 Å². The maximum absolute atomic E-state index is 8.49. The predicted octanol–water partition coefficient (Wildman–Crippen LogP) is 2.90. The van der Waals surface area contributed by atoms with E-state index >= 15 is 0 Å². The molecule has 0 spiro atoms. The number of rotatable bonds is 2. The van der Waals surface area contributed by atoms with Gasteiger partial charge >= 0.3 is 0 Å². The highest BCUT2D eigenvalue weighted by molar-refractivity contribution is 5.79. The van der Waals surface area contributed by atoms with Crippen LogP contribution in [-0.2, 0) is 0 Å². The molecule has 0 amide bonds. The third-order valence-corrected chi connectivity index (χ3v) is 2.53. The van der Waals surface area contributed by atoms with Gasteiger partial charge in [-0.3, -0.25) is 0 Å². The summed E-state index contributed by atoms with van der Waals surface area (Å²) in [7, 11) is 1.63. The minimum absolute atomic E-state index is 0.809. The Morgan fingerprint density at radius 3 is 2.47 bits per heavy atom. The van der Waals surface area contributed by atoms with Gasteiger partial charge in [-0.25, -0.2) is 0 Å². The molecule has 0 aliphatic heterocycles. The number of oxime groups is 1. The van der Waals surface area contributed by atoms with Crippen LogP contribution in [0.2, 0.25) is 0 Å². The summed E-state index contributed by atoms with van der Waals surface area (Å²) >= 11 is 0. The Hall–Kier alpha value is -2.73. The number of hydrogen-bond donors (Lipinski definition) is 1. The van der Waals surface area contributed by atoms with E-state index in [2.05, 4.69) is 17.0 Å². The van der Waals surface area contributed by atoms with Crippen molar-refractivity contribution >= 4 is 6.21 Å². The van der Waals surface area contributed by atoms with Crippen molar-refractivity contribution in [1.82, 2.24) is 0 Å². The predicted molar refractivity (Wildman–Crippen MR) is 74.8 cm³/mol. The molecule has 3 heteroatoms. The first-order chi connectivity index (χ1) is 9.31. The van der Waals surface area contributed by atoms with Crippen molar-refractivity contribution in [3.8, 4) is 17.6 Å². The van der Waals surface area contributed by atoms with Crippen molar-refractivity contribution < 1.29 is 9.94 Å². The molecular formula is C16H13NO2. The number of methoxy groups -OCH3 is 1. The quantitative estimate of drug-likeness (QED) is 0.386. The van der Waals surface area contributed by atoms with Gasteiger partial charge in [0.25, 0.3) is 0 Å². The Labute approximate surface area is 112 Å². The van der Waals surface area contributed by atoms with Crippen LogP contribution in [0.15, 0.2) is 53.7 Å². The fraction of sp³-hybridized carbons (Fsp3) is 0.0625. The first kappa shape index (κ1) is 12.7. The van der Waals surface area contributed by atoms with Crippen LogP contribution in [0.25, 0.3) is 0 Å². The molecule has 0 fully saturated rings. The van der Waals surface area contributed by atoms with E-state index in [4.69, 9.17) is 9.94 Å². The molecule has 0 radical (unpaired) electrons. The van der Waals surface area contributed by atoms with Gasteiger partial charge in [-0.15, -0.1) is 0 Å². The van der Waals surface area contributed by atoms with Crippen LogP contribution in [0.3, 0.4) is 0 Å². The molecule has 0 aliphatic carbocycles. The van der Waals surface area contributed by atoms with Crippen molar-refractivity contribution in [3.05, 3.63) is 65.2 Å². The molecule has 0 heterocycles. The van der Waals surface area contributed by atoms with Crippen LogP contribution in [0.4, 0.5) is 0 Å². The van der Waals surface area contributed by atoms with E-state index in [-0.39, 0.29) is 0 Å². The van der Waals surface area contributed by atoms with E-state index in [0.717, 1.165) is 22.4 Å². The summed E-state index contributed by atoms with van der Waals surface area (Å²) in [5.41, 5.74) is 2.60. The van der Waals surface area contributed by atoms with E-state index in [1.54, 1.807) is 7.11 Å². The molecule has 0 saturated carbocycles. The lowest BCUT2D eigenvalue weighted by Crippen LogP contribution is -1.83. The zero-order valence-corrected chi connectivity index (χ0v) is 10.5. The van der Waals surface area contributed by atoms with Crippen molar-refractivity contribution in [3.63, 3.8) is 0 Å². The molecule has 0 atom stereocenters. The van der Waals surface area contributed by atoms with Crippen LogP contribution in [0.1, 0.15) is 16.7 Å². The summed E-state index contributed by atoms with van der Waals surface area (Å²) in [5.74, 6) is 6.94. The summed E-state index contributed by atoms with van der Waals surface area (Å²) in [6.45, 7) is 0. The molecule has 2 aromatic carbocycles. The lowest BCUT2D eigenvalue weighted by molar-refractivity contribution is 0.322. The van der Waals surface area contributed by atoms with E-state index < -0.39 is 0 Å². The van der Waals surface area contributed by atoms with Crippen molar-refractivity contribution in [2.24, 2.45) is 5.16 Å². The smallest absolute Gasteiger partial charge is 0.118 e. The maximum Gasteiger partial charge on any atom is 0.118 e. The molecule has 0 bridgehead atoms. The molecule has 0 aromatic heterocycles. The second-order valence-electron chi connectivity index (χ2n) is 3.85. The Balaban J connectivity index is 2.20. The zero-order chi connectivity index (χ0) is 13.5. The highest BCUT2D eigenvalue weighted by atomic mass is 16.5. The Morgan fingerprint density at radius 2 is 1.79 bits per heavy atom. The molecule has 2 rings (SSSR count). The summed E-state index contributed by atoms with van der Waals surface area (Å²) < 4.78 is 5.09. The third-order valence-electron chi connectivity index (χ3n) is 2.53. The van der Waals surface area contributed by atoms with Crippen molar-refractivity contribution in [1.29, 1.82) is 0 Å². The number of benzene rings is 2. The van der Waals surface area contributed by atoms with Crippen LogP contribution in [0, 0.1) is 11.8 Å². The lowest BCUT2D eigenvalue weighted by Gasteiger charge is -1.97. The van der Waals surface area contributed by atoms with Crippen LogP contribution >= 0.6 is 0 Å². The summed E-state index contributed by atoms with van der Waals surface area (Å²) in [6, 6.07) is 15.0. The normalized spacial score (nSPS) is 9.95. The van der Waals surface area contributed by atoms with E-state index in [1.807, 2.05) is 48.5 Å². The maximum atomic E-state index is 8.49. The molecule has 0 unspecified atom stereocenters. The molecular weight excluding hydrogens is 238 g/mol. The Kier molecular flexibility index (Phi) is 4.20. The standard InChI is InChI=1S/C16H13NO2/c1-19-16-9-7-13(8-10-16)5-6-14-3-2-4-15(11-14)12-17-18/h2-4,7-12,18H,1H3. The highest BCUT2D eigenvalue weighted by Gasteiger charge is 1.92. The van der Waals surface area contributed by atoms with E-state index in [1.165, 1.54) is 6.21 Å². The number of ether oxygens (including phenoxy) is 1. The van der Waals surface area contributed by atoms with Gasteiger partial charge in [-0.05, 0) is 42.0 Å². The van der Waals surface area contributed by atoms with E-state index in [9.17, 15) is 0 Å². The van der Waals surface area contributed by atoms with E-state index in [0.29, 0.717) is 0 Å². The highest BCUT2D eigenvalue weighted by Crippen LogP contribution is 2.10. The Bertz CT molecular complexity index is 634. The fourth-order valence-corrected chi connectivity index (χ4v) is 1.58. The molecule has 3 nitrogen and oxygen atoms in total. The SMILES string of the molecule is COc1ccc(C#Cc2cccc(C=NO)c2)cc1. The molecule has 1 N–H and O–H groups in total. The number of hydrogen-bond acceptors (Lipinski definition) is 3. The third kappa shape index (κ3) is 3.62. The molecule has 94 valence electrons. The van der Waals surface area contributed by atoms with Gasteiger partial charge in [0, 0.05) is 11.1 Å². The average Bonchev–Trinajstić information content (AvgIpc) is 2.46. The van der Waals surface area contributed by atoms with Gasteiger partial charge in [0.15, 0.2) is 0 Å². The topological polar surface area (TPSA) is 41.8 Å². The first-order valence-corrected chi connectivity index (χ1v) is 5.75. The number of nitrogens with zero attached hydrogens (tertiary/aromatic N) is 1.